The molecule has 0 bridgehead atoms. The van der Waals surface area contributed by atoms with E-state index in [0.29, 0.717) is 26.1 Å². The number of carbonyl (C=O) groups is 1. The smallest absolute Gasteiger partial charge is 0.221 e. The van der Waals surface area contributed by atoms with Crippen molar-refractivity contribution in [3.8, 4) is 0 Å². The van der Waals surface area contributed by atoms with E-state index in [4.69, 9.17) is 10.7 Å². The summed E-state index contributed by atoms with van der Waals surface area (Å²) in [5, 5.41) is 4.88. The number of nitrogens with zero attached hydrogens (tertiary/aromatic N) is 2. The van der Waals surface area contributed by atoms with Gasteiger partial charge in [-0.25, -0.2) is 4.98 Å². The Hall–Kier alpha value is -2.18. The highest BCUT2D eigenvalue weighted by Crippen LogP contribution is 2.20. The van der Waals surface area contributed by atoms with Crippen molar-refractivity contribution in [1.82, 2.24) is 14.9 Å². The summed E-state index contributed by atoms with van der Waals surface area (Å²) in [6.07, 6.45) is 1.22. The van der Waals surface area contributed by atoms with Crippen LogP contribution in [-0.4, -0.2) is 28.5 Å². The van der Waals surface area contributed by atoms with Gasteiger partial charge >= 0.3 is 0 Å². The van der Waals surface area contributed by atoms with E-state index in [1.807, 2.05) is 24.3 Å². The third-order valence-corrected chi connectivity index (χ3v) is 4.55. The maximum Gasteiger partial charge on any atom is 0.221 e. The molecular weight excluding hydrogens is 308 g/mol. The highest BCUT2D eigenvalue weighted by molar-refractivity contribution is 7.09. The molecule has 3 N–H and O–H groups in total. The van der Waals surface area contributed by atoms with E-state index in [0.717, 1.165) is 23.3 Å². The minimum Gasteiger partial charge on any atom is -0.355 e. The first kappa shape index (κ1) is 15.7. The van der Waals surface area contributed by atoms with Gasteiger partial charge in [-0.05, 0) is 23.6 Å². The zero-order chi connectivity index (χ0) is 16.1. The topological polar surface area (TPSA) is 72.9 Å². The van der Waals surface area contributed by atoms with Crippen molar-refractivity contribution >= 4 is 28.3 Å². The molecule has 0 saturated heterocycles. The molecule has 0 aliphatic carbocycles. The first-order chi connectivity index (χ1) is 11.3. The van der Waals surface area contributed by atoms with Gasteiger partial charge in [-0.1, -0.05) is 18.2 Å². The second kappa shape index (κ2) is 7.39. The van der Waals surface area contributed by atoms with Gasteiger partial charge < -0.3 is 15.6 Å². The van der Waals surface area contributed by atoms with Gasteiger partial charge in [0.1, 0.15) is 5.82 Å². The highest BCUT2D eigenvalue weighted by Gasteiger charge is 2.12. The predicted molar refractivity (Wildman–Crippen MR) is 93.5 cm³/mol. The van der Waals surface area contributed by atoms with Crippen LogP contribution in [0.15, 0.2) is 41.8 Å². The van der Waals surface area contributed by atoms with Gasteiger partial charge in [-0.2, -0.15) is 0 Å². The summed E-state index contributed by atoms with van der Waals surface area (Å²) < 4.78 is 2.15. The molecule has 0 unspecified atom stereocenters. The van der Waals surface area contributed by atoms with Crippen LogP contribution in [0.5, 0.6) is 0 Å². The summed E-state index contributed by atoms with van der Waals surface area (Å²) in [5.41, 5.74) is 7.46. The van der Waals surface area contributed by atoms with E-state index in [-0.39, 0.29) is 5.91 Å². The molecule has 23 heavy (non-hydrogen) atoms. The number of imidazole rings is 1. The van der Waals surface area contributed by atoms with Crippen LogP contribution < -0.4 is 11.1 Å². The molecule has 1 amide bonds. The third kappa shape index (κ3) is 3.78. The molecule has 0 radical (unpaired) electrons. The summed E-state index contributed by atoms with van der Waals surface area (Å²) in [5.74, 6) is 1.02. The van der Waals surface area contributed by atoms with E-state index >= 15 is 0 Å². The number of amides is 1. The van der Waals surface area contributed by atoms with Crippen LogP contribution in [0.2, 0.25) is 0 Å². The molecule has 1 aromatic carbocycles. The number of nitrogens with two attached hydrogens (primary N) is 1. The van der Waals surface area contributed by atoms with Crippen molar-refractivity contribution in [2.24, 2.45) is 5.73 Å². The minimum absolute atomic E-state index is 0.0234. The van der Waals surface area contributed by atoms with E-state index in [1.165, 1.54) is 4.88 Å². The molecule has 0 saturated carbocycles. The molecule has 2 aromatic heterocycles. The fraction of sp³-hybridized carbons (Fsp3) is 0.294. The van der Waals surface area contributed by atoms with Gasteiger partial charge in [-0.3, -0.25) is 4.79 Å². The lowest BCUT2D eigenvalue weighted by molar-refractivity contribution is -0.121. The zero-order valence-corrected chi connectivity index (χ0v) is 13.7. The van der Waals surface area contributed by atoms with Gasteiger partial charge in [0.15, 0.2) is 0 Å². The number of fused-ring (bicyclic) bond motifs is 1. The van der Waals surface area contributed by atoms with Gasteiger partial charge in [0.25, 0.3) is 0 Å². The van der Waals surface area contributed by atoms with Crippen molar-refractivity contribution in [3.63, 3.8) is 0 Å². The Bertz CT molecular complexity index is 779. The number of benzene rings is 1. The quantitative estimate of drug-likeness (QED) is 0.698. The summed E-state index contributed by atoms with van der Waals surface area (Å²) in [6, 6.07) is 12.2. The van der Waals surface area contributed by atoms with Crippen molar-refractivity contribution < 1.29 is 4.79 Å². The van der Waals surface area contributed by atoms with Crippen molar-refractivity contribution in [3.05, 3.63) is 52.5 Å². The van der Waals surface area contributed by atoms with Crippen LogP contribution in [0.25, 0.3) is 11.0 Å². The first-order valence-electron chi connectivity index (χ1n) is 7.71. The SMILES string of the molecule is NCCNC(=O)CCn1c(Cc2cccs2)nc2ccccc21. The Kier molecular flexibility index (Phi) is 5.05. The Balaban J connectivity index is 1.82. The maximum atomic E-state index is 11.9. The van der Waals surface area contributed by atoms with Crippen molar-refractivity contribution in [1.29, 1.82) is 0 Å². The molecule has 3 rings (SSSR count). The maximum absolute atomic E-state index is 11.9. The molecule has 0 spiro atoms. The average molecular weight is 328 g/mol. The van der Waals surface area contributed by atoms with E-state index in [1.54, 1.807) is 11.3 Å². The van der Waals surface area contributed by atoms with Gasteiger partial charge in [0.2, 0.25) is 5.91 Å². The molecule has 120 valence electrons. The Morgan fingerprint density at radius 1 is 1.26 bits per heavy atom. The highest BCUT2D eigenvalue weighted by atomic mass is 32.1. The number of hydrogen-bond donors (Lipinski definition) is 2. The minimum atomic E-state index is 0.0234. The molecule has 3 aromatic rings. The van der Waals surface area contributed by atoms with Crippen LogP contribution in [0.1, 0.15) is 17.1 Å². The standard InChI is InChI=1S/C17H20N4OS/c18-8-9-19-17(22)7-10-21-15-6-2-1-5-14(15)20-16(21)12-13-4-3-11-23-13/h1-6,11H,7-10,12,18H2,(H,19,22). The van der Waals surface area contributed by atoms with Crippen LogP contribution >= 0.6 is 11.3 Å². The van der Waals surface area contributed by atoms with E-state index in [9.17, 15) is 4.79 Å². The number of aryl methyl sites for hydroxylation is 1. The second-order valence-corrected chi connectivity index (χ2v) is 6.35. The van der Waals surface area contributed by atoms with Gasteiger partial charge in [-0.15, -0.1) is 11.3 Å². The predicted octanol–water partition coefficient (Wildman–Crippen LogP) is 2.15. The second-order valence-electron chi connectivity index (χ2n) is 5.31. The molecule has 6 heteroatoms. The van der Waals surface area contributed by atoms with E-state index in [2.05, 4.69) is 27.4 Å². The molecule has 0 atom stereocenters. The van der Waals surface area contributed by atoms with Crippen molar-refractivity contribution in [2.75, 3.05) is 13.1 Å². The fourth-order valence-corrected chi connectivity index (χ4v) is 3.29. The molecule has 5 nitrogen and oxygen atoms in total. The largest absolute Gasteiger partial charge is 0.355 e. The lowest BCUT2D eigenvalue weighted by Crippen LogP contribution is -2.29. The van der Waals surface area contributed by atoms with Crippen LogP contribution in [0, 0.1) is 0 Å². The zero-order valence-electron chi connectivity index (χ0n) is 12.9. The number of hydrogen-bond acceptors (Lipinski definition) is 4. The third-order valence-electron chi connectivity index (χ3n) is 3.68. The fourth-order valence-electron chi connectivity index (χ4n) is 2.59. The number of nitrogens with one attached hydrogen (secondary N) is 1. The Morgan fingerprint density at radius 2 is 2.13 bits per heavy atom. The van der Waals surface area contributed by atoms with Crippen LogP contribution in [-0.2, 0) is 17.8 Å². The number of para-hydroxylation sites is 2. The van der Waals surface area contributed by atoms with Crippen LogP contribution in [0.4, 0.5) is 0 Å². The normalized spacial score (nSPS) is 11.0. The number of carbonyl (C=O) groups excluding carboxylic acids is 1. The molecule has 0 fully saturated rings. The lowest BCUT2D eigenvalue weighted by atomic mass is 10.3. The summed E-state index contributed by atoms with van der Waals surface area (Å²) in [7, 11) is 0. The molecule has 0 aliphatic heterocycles. The van der Waals surface area contributed by atoms with Gasteiger partial charge in [0, 0.05) is 37.4 Å². The summed E-state index contributed by atoms with van der Waals surface area (Å²) in [4.78, 5) is 17.9. The Labute approximate surface area is 139 Å². The molecule has 0 aliphatic rings. The molecular formula is C17H20N4OS. The van der Waals surface area contributed by atoms with Crippen molar-refractivity contribution in [2.45, 2.75) is 19.4 Å². The van der Waals surface area contributed by atoms with E-state index < -0.39 is 0 Å². The van der Waals surface area contributed by atoms with Crippen LogP contribution in [0.3, 0.4) is 0 Å². The number of thiophene rings is 1. The molecule has 2 heterocycles. The number of rotatable bonds is 7. The lowest BCUT2D eigenvalue weighted by Gasteiger charge is -2.09. The summed E-state index contributed by atoms with van der Waals surface area (Å²) >= 11 is 1.73. The first-order valence-corrected chi connectivity index (χ1v) is 8.59. The monoisotopic (exact) mass is 328 g/mol. The number of aromatic nitrogens is 2. The van der Waals surface area contributed by atoms with Gasteiger partial charge in [0.05, 0.1) is 11.0 Å². The Morgan fingerprint density at radius 3 is 2.91 bits per heavy atom. The average Bonchev–Trinajstić information content (AvgIpc) is 3.19. The summed E-state index contributed by atoms with van der Waals surface area (Å²) in [6.45, 7) is 1.60.